The van der Waals surface area contributed by atoms with Crippen LogP contribution < -0.4 is 10.9 Å². The zero-order valence-electron chi connectivity index (χ0n) is 16.0. The predicted molar refractivity (Wildman–Crippen MR) is 114 cm³/mol. The Kier molecular flexibility index (Phi) is 4.58. The van der Waals surface area contributed by atoms with Crippen molar-refractivity contribution in [1.29, 1.82) is 0 Å². The van der Waals surface area contributed by atoms with Crippen molar-refractivity contribution in [3.8, 4) is 5.69 Å². The summed E-state index contributed by atoms with van der Waals surface area (Å²) in [7, 11) is 0. The number of nitrogens with zero attached hydrogens (tertiary/aromatic N) is 2. The van der Waals surface area contributed by atoms with E-state index in [4.69, 9.17) is 0 Å². The van der Waals surface area contributed by atoms with E-state index in [9.17, 15) is 14.4 Å². The Bertz CT molecular complexity index is 1280. The number of amides is 2. The first-order chi connectivity index (χ1) is 13.8. The summed E-state index contributed by atoms with van der Waals surface area (Å²) in [5.41, 5.74) is 4.79. The molecule has 0 saturated carbocycles. The number of halogens is 1. The Morgan fingerprint density at radius 3 is 2.45 bits per heavy atom. The quantitative estimate of drug-likeness (QED) is 0.470. The van der Waals surface area contributed by atoms with Crippen molar-refractivity contribution in [3.63, 3.8) is 0 Å². The van der Waals surface area contributed by atoms with Crippen LogP contribution in [0.1, 0.15) is 43.1 Å². The van der Waals surface area contributed by atoms with E-state index in [1.54, 1.807) is 19.1 Å². The first kappa shape index (κ1) is 19.1. The van der Waals surface area contributed by atoms with Crippen molar-refractivity contribution in [1.82, 2.24) is 15.1 Å². The van der Waals surface area contributed by atoms with Crippen molar-refractivity contribution in [2.45, 2.75) is 20.8 Å². The van der Waals surface area contributed by atoms with Gasteiger partial charge in [-0.1, -0.05) is 15.9 Å². The lowest BCUT2D eigenvalue weighted by Crippen LogP contribution is -2.19. The number of aromatic nitrogens is 2. The normalized spacial score (nSPS) is 13.2. The predicted octanol–water partition coefficient (Wildman–Crippen LogP) is 3.49. The van der Waals surface area contributed by atoms with E-state index < -0.39 is 11.8 Å². The molecule has 146 valence electrons. The Morgan fingerprint density at radius 2 is 1.69 bits per heavy atom. The first-order valence-corrected chi connectivity index (χ1v) is 9.68. The van der Waals surface area contributed by atoms with Crippen molar-refractivity contribution >= 4 is 39.6 Å². The molecule has 2 aromatic carbocycles. The molecule has 1 aromatic heterocycles. The molecular formula is C21H17BrN4O3. The molecule has 2 N–H and O–H groups in total. The van der Waals surface area contributed by atoms with E-state index in [0.717, 1.165) is 21.3 Å². The molecule has 0 aliphatic carbocycles. The van der Waals surface area contributed by atoms with Gasteiger partial charge in [-0.3, -0.25) is 29.8 Å². The van der Waals surface area contributed by atoms with Crippen LogP contribution in [0.5, 0.6) is 0 Å². The van der Waals surface area contributed by atoms with Crippen LogP contribution in [0.2, 0.25) is 0 Å². The molecule has 0 fully saturated rings. The van der Waals surface area contributed by atoms with Crippen LogP contribution in [0.15, 0.2) is 44.6 Å². The largest absolute Gasteiger partial charge is 0.295 e. The number of benzene rings is 2. The lowest BCUT2D eigenvalue weighted by molar-refractivity contribution is 0.0879. The topological polar surface area (TPSA) is 96.3 Å². The monoisotopic (exact) mass is 452 g/mol. The maximum atomic E-state index is 13.0. The molecule has 0 radical (unpaired) electrons. The number of fused-ring (bicyclic) bond motifs is 1. The van der Waals surface area contributed by atoms with Gasteiger partial charge in [0.1, 0.15) is 0 Å². The van der Waals surface area contributed by atoms with Gasteiger partial charge in [-0.05, 0) is 62.2 Å². The fourth-order valence-corrected chi connectivity index (χ4v) is 3.70. The summed E-state index contributed by atoms with van der Waals surface area (Å²) in [4.78, 5) is 40.8. The molecule has 0 unspecified atom stereocenters. The van der Waals surface area contributed by atoms with Gasteiger partial charge < -0.3 is 0 Å². The summed E-state index contributed by atoms with van der Waals surface area (Å²) in [6, 6.07) is 8.51. The fourth-order valence-electron chi connectivity index (χ4n) is 3.27. The van der Waals surface area contributed by atoms with Gasteiger partial charge in [0.05, 0.1) is 28.1 Å². The van der Waals surface area contributed by atoms with Crippen LogP contribution >= 0.6 is 15.9 Å². The molecule has 29 heavy (non-hydrogen) atoms. The van der Waals surface area contributed by atoms with E-state index in [2.05, 4.69) is 31.3 Å². The maximum Gasteiger partial charge on any atom is 0.280 e. The Balaban J connectivity index is 1.72. The number of aliphatic imine (C=N–C) groups is 1. The standard InChI is InChI=1S/C21H17BrN4O3/c1-10-11(2)18(7-6-17(10)22)26-21(29)16(12(3)25-26)9-23-13-4-5-14-15(8-13)20(28)24-19(14)27/h4-9,25H,1-3H3,(H,24,27,28). The number of imide groups is 1. The minimum atomic E-state index is -0.441. The number of hydrogen-bond acceptors (Lipinski definition) is 4. The molecule has 4 rings (SSSR count). The number of carbonyl (C=O) groups is 2. The highest BCUT2D eigenvalue weighted by atomic mass is 79.9. The molecule has 1 aliphatic rings. The van der Waals surface area contributed by atoms with Crippen LogP contribution in [0, 0.1) is 20.8 Å². The lowest BCUT2D eigenvalue weighted by Gasteiger charge is -2.10. The lowest BCUT2D eigenvalue weighted by atomic mass is 10.1. The summed E-state index contributed by atoms with van der Waals surface area (Å²) < 4.78 is 2.48. The van der Waals surface area contributed by atoms with Gasteiger partial charge >= 0.3 is 0 Å². The average molecular weight is 453 g/mol. The van der Waals surface area contributed by atoms with Gasteiger partial charge in [-0.15, -0.1) is 0 Å². The molecule has 3 aromatic rings. The van der Waals surface area contributed by atoms with Gasteiger partial charge in [-0.2, -0.15) is 0 Å². The third-order valence-corrected chi connectivity index (χ3v) is 5.97. The minimum absolute atomic E-state index is 0.217. The highest BCUT2D eigenvalue weighted by Crippen LogP contribution is 2.25. The van der Waals surface area contributed by atoms with Crippen molar-refractivity contribution < 1.29 is 9.59 Å². The van der Waals surface area contributed by atoms with E-state index >= 15 is 0 Å². The van der Waals surface area contributed by atoms with Gasteiger partial charge in [0.25, 0.3) is 17.4 Å². The average Bonchev–Trinajstić information content (AvgIpc) is 3.13. The minimum Gasteiger partial charge on any atom is -0.295 e. The van der Waals surface area contributed by atoms with Gasteiger partial charge in [0.2, 0.25) is 0 Å². The summed E-state index contributed by atoms with van der Waals surface area (Å²) in [6.45, 7) is 5.75. The third kappa shape index (κ3) is 3.15. The van der Waals surface area contributed by atoms with Crippen LogP contribution in [0.25, 0.3) is 5.69 Å². The number of rotatable bonds is 3. The molecule has 2 heterocycles. The molecule has 1 aliphatic heterocycles. The number of aromatic amines is 1. The van der Waals surface area contributed by atoms with Crippen molar-refractivity contribution in [2.75, 3.05) is 0 Å². The number of H-pyrrole nitrogens is 1. The SMILES string of the molecule is Cc1[nH]n(-c2ccc(Br)c(C)c2C)c(=O)c1C=Nc1ccc2c(c1)C(=O)NC2=O. The van der Waals surface area contributed by atoms with Gasteiger partial charge in [0, 0.05) is 16.4 Å². The molecule has 0 spiro atoms. The molecule has 7 nitrogen and oxygen atoms in total. The Morgan fingerprint density at radius 1 is 0.966 bits per heavy atom. The number of hydrogen-bond donors (Lipinski definition) is 2. The number of nitrogens with one attached hydrogen (secondary N) is 2. The maximum absolute atomic E-state index is 13.0. The molecule has 0 bridgehead atoms. The van der Waals surface area contributed by atoms with E-state index in [-0.39, 0.29) is 11.1 Å². The van der Waals surface area contributed by atoms with Crippen LogP contribution in [0.3, 0.4) is 0 Å². The van der Waals surface area contributed by atoms with Crippen molar-refractivity contribution in [2.24, 2.45) is 4.99 Å². The highest BCUT2D eigenvalue weighted by Gasteiger charge is 2.26. The second kappa shape index (κ2) is 6.97. The Hall–Kier alpha value is -3.26. The van der Waals surface area contributed by atoms with Gasteiger partial charge in [-0.25, -0.2) is 4.68 Å². The van der Waals surface area contributed by atoms with E-state index in [0.29, 0.717) is 22.5 Å². The first-order valence-electron chi connectivity index (χ1n) is 8.89. The molecule has 8 heteroatoms. The highest BCUT2D eigenvalue weighted by molar-refractivity contribution is 9.10. The molecular weight excluding hydrogens is 436 g/mol. The van der Waals surface area contributed by atoms with Crippen LogP contribution in [-0.2, 0) is 0 Å². The van der Waals surface area contributed by atoms with Crippen molar-refractivity contribution in [3.05, 3.63) is 78.7 Å². The summed E-state index contributed by atoms with van der Waals surface area (Å²) in [6.07, 6.45) is 1.47. The fraction of sp³-hybridized carbons (Fsp3) is 0.143. The van der Waals surface area contributed by atoms with Gasteiger partial charge in [0.15, 0.2) is 0 Å². The number of carbonyl (C=O) groups excluding carboxylic acids is 2. The third-order valence-electron chi connectivity index (χ3n) is 5.11. The number of aryl methyl sites for hydroxylation is 1. The Labute approximate surface area is 174 Å². The zero-order valence-corrected chi connectivity index (χ0v) is 17.5. The second-order valence-corrected chi connectivity index (χ2v) is 7.73. The molecule has 0 atom stereocenters. The van der Waals surface area contributed by atoms with Crippen LogP contribution in [-0.4, -0.2) is 27.8 Å². The summed E-state index contributed by atoms with van der Waals surface area (Å²) in [5.74, 6) is -0.853. The zero-order chi connectivity index (χ0) is 20.9. The molecule has 0 saturated heterocycles. The molecule has 2 amide bonds. The second-order valence-electron chi connectivity index (χ2n) is 6.88. The van der Waals surface area contributed by atoms with E-state index in [1.165, 1.54) is 17.0 Å². The summed E-state index contributed by atoms with van der Waals surface area (Å²) in [5, 5.41) is 5.34. The summed E-state index contributed by atoms with van der Waals surface area (Å²) >= 11 is 3.50. The smallest absolute Gasteiger partial charge is 0.280 e. The van der Waals surface area contributed by atoms with E-state index in [1.807, 2.05) is 26.0 Å². The van der Waals surface area contributed by atoms with Crippen LogP contribution in [0.4, 0.5) is 5.69 Å².